The number of nitrogens with one attached hydrogen (secondary N) is 1. The molecule has 0 aliphatic carbocycles. The monoisotopic (exact) mass is 257 g/mol. The number of aromatic nitrogens is 3. The van der Waals surface area contributed by atoms with Crippen molar-refractivity contribution in [1.29, 1.82) is 0 Å². The number of ketones is 1. The third-order valence-corrected chi connectivity index (χ3v) is 1.99. The number of hydrogen-bond acceptors (Lipinski definition) is 4. The summed E-state index contributed by atoms with van der Waals surface area (Å²) in [5, 5.41) is 5.73. The van der Waals surface area contributed by atoms with E-state index in [9.17, 15) is 18.0 Å². The minimum Gasteiger partial charge on any atom is -0.405 e. The first-order valence-corrected chi connectivity index (χ1v) is 4.72. The predicted molar refractivity (Wildman–Crippen MR) is 52.9 cm³/mol. The Morgan fingerprint density at radius 3 is 2.61 bits per heavy atom. The predicted octanol–water partition coefficient (Wildman–Crippen LogP) is 1.93. The molecule has 0 aliphatic rings. The number of alkyl halides is 3. The zero-order chi connectivity index (χ0) is 13.2. The van der Waals surface area contributed by atoms with Crippen LogP contribution in [-0.4, -0.2) is 27.3 Å². The Kier molecular flexibility index (Phi) is 3.00. The third kappa shape index (κ3) is 2.65. The average Bonchev–Trinajstić information content (AvgIpc) is 2.80. The van der Waals surface area contributed by atoms with Crippen LogP contribution in [-0.2, 0) is 0 Å². The molecule has 0 saturated heterocycles. The van der Waals surface area contributed by atoms with E-state index in [2.05, 4.69) is 19.9 Å². The molecule has 0 amide bonds. The molecule has 1 N–H and O–H groups in total. The lowest BCUT2D eigenvalue weighted by Crippen LogP contribution is -2.19. The van der Waals surface area contributed by atoms with Crippen molar-refractivity contribution in [2.75, 3.05) is 0 Å². The SMILES string of the molecule is O=C(c1ncn[nH]1)c1ccccc1OC(F)(F)F. The Morgan fingerprint density at radius 1 is 1.28 bits per heavy atom. The lowest BCUT2D eigenvalue weighted by Gasteiger charge is -2.11. The van der Waals surface area contributed by atoms with E-state index < -0.39 is 17.9 Å². The first-order chi connectivity index (χ1) is 8.47. The maximum atomic E-state index is 12.2. The number of hydrogen-bond donors (Lipinski definition) is 1. The number of benzene rings is 1. The summed E-state index contributed by atoms with van der Waals surface area (Å²) >= 11 is 0. The van der Waals surface area contributed by atoms with E-state index >= 15 is 0 Å². The number of ether oxygens (including phenoxy) is 1. The maximum Gasteiger partial charge on any atom is 0.573 e. The molecular formula is C10H6F3N3O2. The molecule has 1 aromatic heterocycles. The number of aromatic amines is 1. The summed E-state index contributed by atoms with van der Waals surface area (Å²) in [6.45, 7) is 0. The molecule has 94 valence electrons. The van der Waals surface area contributed by atoms with Crippen molar-refractivity contribution < 1.29 is 22.7 Å². The van der Waals surface area contributed by atoms with Crippen molar-refractivity contribution in [2.45, 2.75) is 6.36 Å². The lowest BCUT2D eigenvalue weighted by molar-refractivity contribution is -0.274. The van der Waals surface area contributed by atoms with Gasteiger partial charge in [0, 0.05) is 0 Å². The summed E-state index contributed by atoms with van der Waals surface area (Å²) in [5.41, 5.74) is -0.244. The maximum absolute atomic E-state index is 12.2. The van der Waals surface area contributed by atoms with E-state index in [1.807, 2.05) is 0 Å². The lowest BCUT2D eigenvalue weighted by atomic mass is 10.1. The molecule has 0 spiro atoms. The van der Waals surface area contributed by atoms with Crippen LogP contribution in [0.5, 0.6) is 5.75 Å². The first kappa shape index (κ1) is 12.1. The Morgan fingerprint density at radius 2 is 2.00 bits per heavy atom. The number of carbonyl (C=O) groups is 1. The first-order valence-electron chi connectivity index (χ1n) is 4.72. The fourth-order valence-corrected chi connectivity index (χ4v) is 1.31. The molecule has 8 heteroatoms. The van der Waals surface area contributed by atoms with Gasteiger partial charge in [-0.1, -0.05) is 12.1 Å². The quantitative estimate of drug-likeness (QED) is 0.853. The van der Waals surface area contributed by atoms with Crippen LogP contribution >= 0.6 is 0 Å². The van der Waals surface area contributed by atoms with Gasteiger partial charge in [0.05, 0.1) is 5.56 Å². The molecule has 2 aromatic rings. The van der Waals surface area contributed by atoms with Crippen LogP contribution in [0.2, 0.25) is 0 Å². The van der Waals surface area contributed by atoms with E-state index in [0.717, 1.165) is 12.4 Å². The summed E-state index contributed by atoms with van der Waals surface area (Å²) in [4.78, 5) is 15.4. The highest BCUT2D eigenvalue weighted by Gasteiger charge is 2.33. The number of rotatable bonds is 3. The summed E-state index contributed by atoms with van der Waals surface area (Å²) in [7, 11) is 0. The summed E-state index contributed by atoms with van der Waals surface area (Å²) < 4.78 is 40.2. The second-order valence-electron chi connectivity index (χ2n) is 3.21. The minimum absolute atomic E-state index is 0.159. The van der Waals surface area contributed by atoms with Gasteiger partial charge in [-0.05, 0) is 12.1 Å². The van der Waals surface area contributed by atoms with E-state index in [4.69, 9.17) is 0 Å². The number of para-hydroxylation sites is 1. The van der Waals surface area contributed by atoms with Crippen LogP contribution < -0.4 is 4.74 Å². The highest BCUT2D eigenvalue weighted by molar-refractivity contribution is 6.08. The van der Waals surface area contributed by atoms with Crippen LogP contribution in [0.15, 0.2) is 30.6 Å². The van der Waals surface area contributed by atoms with Crippen LogP contribution in [0.4, 0.5) is 13.2 Å². The topological polar surface area (TPSA) is 67.9 Å². The van der Waals surface area contributed by atoms with Crippen molar-refractivity contribution in [1.82, 2.24) is 15.2 Å². The fourth-order valence-electron chi connectivity index (χ4n) is 1.31. The van der Waals surface area contributed by atoms with E-state index in [1.54, 1.807) is 0 Å². The van der Waals surface area contributed by atoms with Gasteiger partial charge in [0.15, 0.2) is 5.82 Å². The summed E-state index contributed by atoms with van der Waals surface area (Å²) in [6, 6.07) is 5.02. The normalized spacial score (nSPS) is 11.3. The van der Waals surface area contributed by atoms with Crippen molar-refractivity contribution in [2.24, 2.45) is 0 Å². The number of H-pyrrole nitrogens is 1. The highest BCUT2D eigenvalue weighted by Crippen LogP contribution is 2.27. The van der Waals surface area contributed by atoms with Gasteiger partial charge in [-0.2, -0.15) is 5.10 Å². The average molecular weight is 257 g/mol. The van der Waals surface area contributed by atoms with Gasteiger partial charge in [0.25, 0.3) is 0 Å². The van der Waals surface area contributed by atoms with Gasteiger partial charge in [0.1, 0.15) is 12.1 Å². The Hall–Kier alpha value is -2.38. The molecule has 1 heterocycles. The number of nitrogens with zero attached hydrogens (tertiary/aromatic N) is 2. The molecule has 0 atom stereocenters. The van der Waals surface area contributed by atoms with E-state index in [1.165, 1.54) is 18.2 Å². The molecule has 1 aromatic carbocycles. The van der Waals surface area contributed by atoms with Gasteiger partial charge in [-0.25, -0.2) is 4.98 Å². The van der Waals surface area contributed by atoms with Crippen LogP contribution in [0.3, 0.4) is 0 Å². The molecule has 0 saturated carbocycles. The largest absolute Gasteiger partial charge is 0.573 e. The molecule has 5 nitrogen and oxygen atoms in total. The van der Waals surface area contributed by atoms with Gasteiger partial charge in [-0.15, -0.1) is 13.2 Å². The standard InChI is InChI=1S/C10H6F3N3O2/c11-10(12,13)18-7-4-2-1-3-6(7)8(17)9-14-5-15-16-9/h1-5H,(H,14,15,16). The van der Waals surface area contributed by atoms with Crippen molar-refractivity contribution in [3.63, 3.8) is 0 Å². The number of halogens is 3. The molecule has 2 rings (SSSR count). The zero-order valence-corrected chi connectivity index (χ0v) is 8.73. The fraction of sp³-hybridized carbons (Fsp3) is 0.100. The highest BCUT2D eigenvalue weighted by atomic mass is 19.4. The van der Waals surface area contributed by atoms with E-state index in [-0.39, 0.29) is 11.4 Å². The molecule has 0 aliphatic heterocycles. The summed E-state index contributed by atoms with van der Waals surface area (Å²) in [6.07, 6.45) is -3.78. The smallest absolute Gasteiger partial charge is 0.405 e. The Bertz CT molecular complexity index is 552. The van der Waals surface area contributed by atoms with Crippen LogP contribution in [0.25, 0.3) is 0 Å². The second kappa shape index (κ2) is 4.47. The molecule has 0 radical (unpaired) electrons. The van der Waals surface area contributed by atoms with Gasteiger partial charge in [-0.3, -0.25) is 9.89 Å². The summed E-state index contributed by atoms with van der Waals surface area (Å²) in [5.74, 6) is -1.47. The van der Waals surface area contributed by atoms with Gasteiger partial charge in [0.2, 0.25) is 5.78 Å². The van der Waals surface area contributed by atoms with Gasteiger partial charge < -0.3 is 4.74 Å². The molecule has 0 fully saturated rings. The Labute approximate surface area is 98.6 Å². The van der Waals surface area contributed by atoms with Crippen molar-refractivity contribution in [3.8, 4) is 5.75 Å². The molecule has 18 heavy (non-hydrogen) atoms. The van der Waals surface area contributed by atoms with Gasteiger partial charge >= 0.3 is 6.36 Å². The Balaban J connectivity index is 2.36. The van der Waals surface area contributed by atoms with Crippen LogP contribution in [0, 0.1) is 0 Å². The van der Waals surface area contributed by atoms with Crippen LogP contribution in [0.1, 0.15) is 16.2 Å². The van der Waals surface area contributed by atoms with E-state index in [0.29, 0.717) is 0 Å². The molecule has 0 bridgehead atoms. The van der Waals surface area contributed by atoms with Crippen molar-refractivity contribution >= 4 is 5.78 Å². The second-order valence-corrected chi connectivity index (χ2v) is 3.21. The third-order valence-electron chi connectivity index (χ3n) is 1.99. The molecular weight excluding hydrogens is 251 g/mol. The number of carbonyl (C=O) groups excluding carboxylic acids is 1. The zero-order valence-electron chi connectivity index (χ0n) is 8.73. The minimum atomic E-state index is -4.86. The molecule has 0 unspecified atom stereocenters. The van der Waals surface area contributed by atoms with Crippen molar-refractivity contribution in [3.05, 3.63) is 42.0 Å².